The molecule has 0 radical (unpaired) electrons. The lowest BCUT2D eigenvalue weighted by Crippen LogP contribution is -2.30. The summed E-state index contributed by atoms with van der Waals surface area (Å²) in [6.07, 6.45) is 5.70. The fourth-order valence-corrected chi connectivity index (χ4v) is 2.60. The van der Waals surface area contributed by atoms with Gasteiger partial charge in [0.25, 0.3) is 11.5 Å². The monoisotopic (exact) mass is 305 g/mol. The number of nitrogens with one attached hydrogen (secondary N) is 2. The Bertz CT molecular complexity index is 702. The van der Waals surface area contributed by atoms with E-state index in [4.69, 9.17) is 4.42 Å². The number of aromatic nitrogens is 2. The minimum atomic E-state index is -0.356. The Morgan fingerprint density at radius 3 is 2.91 bits per heavy atom. The summed E-state index contributed by atoms with van der Waals surface area (Å²) in [6, 6.07) is 0. The molecular weight excluding hydrogens is 282 g/mol. The van der Waals surface area contributed by atoms with Gasteiger partial charge in [0.1, 0.15) is 11.1 Å². The zero-order valence-corrected chi connectivity index (χ0v) is 13.4. The number of furan rings is 1. The van der Waals surface area contributed by atoms with E-state index in [0.717, 1.165) is 25.7 Å². The lowest BCUT2D eigenvalue weighted by Gasteiger charge is -2.15. The number of nitrogens with zero attached hydrogens (tertiary/aromatic N) is 1. The molecule has 0 unspecified atom stereocenters. The van der Waals surface area contributed by atoms with Gasteiger partial charge in [0.05, 0.1) is 11.9 Å². The molecule has 0 saturated heterocycles. The van der Waals surface area contributed by atoms with E-state index in [9.17, 15) is 9.59 Å². The van der Waals surface area contributed by atoms with Crippen molar-refractivity contribution in [3.05, 3.63) is 28.0 Å². The van der Waals surface area contributed by atoms with Gasteiger partial charge in [-0.15, -0.1) is 0 Å². The van der Waals surface area contributed by atoms with Crippen molar-refractivity contribution >= 4 is 17.0 Å². The number of hydrogen-bond acceptors (Lipinski definition) is 4. The van der Waals surface area contributed by atoms with Crippen LogP contribution in [0, 0.1) is 12.8 Å². The van der Waals surface area contributed by atoms with Crippen LogP contribution in [0.4, 0.5) is 0 Å². The second kappa shape index (κ2) is 7.24. The summed E-state index contributed by atoms with van der Waals surface area (Å²) >= 11 is 0. The number of carbonyl (C=O) groups is 1. The van der Waals surface area contributed by atoms with E-state index >= 15 is 0 Å². The van der Waals surface area contributed by atoms with Gasteiger partial charge in [-0.25, -0.2) is 4.98 Å². The second-order valence-electron chi connectivity index (χ2n) is 5.57. The van der Waals surface area contributed by atoms with Gasteiger partial charge in [0.2, 0.25) is 5.71 Å². The van der Waals surface area contributed by atoms with Gasteiger partial charge >= 0.3 is 0 Å². The van der Waals surface area contributed by atoms with E-state index in [0.29, 0.717) is 18.2 Å². The summed E-state index contributed by atoms with van der Waals surface area (Å²) in [4.78, 5) is 30.8. The molecule has 0 aromatic carbocycles. The Morgan fingerprint density at radius 1 is 1.45 bits per heavy atom. The Morgan fingerprint density at radius 2 is 2.23 bits per heavy atom. The first-order valence-corrected chi connectivity index (χ1v) is 7.83. The highest BCUT2D eigenvalue weighted by atomic mass is 16.3. The van der Waals surface area contributed by atoms with Crippen LogP contribution in [0.25, 0.3) is 11.1 Å². The van der Waals surface area contributed by atoms with Crippen molar-refractivity contribution in [2.45, 2.75) is 46.5 Å². The Kier molecular flexibility index (Phi) is 5.35. The molecule has 2 aromatic heterocycles. The summed E-state index contributed by atoms with van der Waals surface area (Å²) in [7, 11) is 0. The van der Waals surface area contributed by atoms with Crippen LogP contribution in [0.2, 0.25) is 0 Å². The molecule has 0 spiro atoms. The largest absolute Gasteiger partial charge is 0.442 e. The first-order chi connectivity index (χ1) is 10.6. The molecule has 22 heavy (non-hydrogen) atoms. The molecule has 0 aliphatic rings. The average molecular weight is 305 g/mol. The number of aromatic amines is 1. The van der Waals surface area contributed by atoms with Gasteiger partial charge in [-0.3, -0.25) is 9.59 Å². The number of carbonyl (C=O) groups excluding carboxylic acids is 1. The summed E-state index contributed by atoms with van der Waals surface area (Å²) in [6.45, 7) is 6.56. The molecule has 6 heteroatoms. The Labute approximate surface area is 129 Å². The third kappa shape index (κ3) is 3.37. The highest BCUT2D eigenvalue weighted by Crippen LogP contribution is 2.20. The molecule has 0 fully saturated rings. The molecule has 0 aliphatic carbocycles. The molecule has 120 valence electrons. The topological polar surface area (TPSA) is 88.0 Å². The molecule has 1 atom stereocenters. The van der Waals surface area contributed by atoms with Crippen molar-refractivity contribution in [3.8, 4) is 0 Å². The predicted molar refractivity (Wildman–Crippen MR) is 85.0 cm³/mol. The fraction of sp³-hybridized carbons (Fsp3) is 0.562. The zero-order valence-electron chi connectivity index (χ0n) is 13.4. The van der Waals surface area contributed by atoms with Crippen molar-refractivity contribution in [2.75, 3.05) is 6.54 Å². The summed E-state index contributed by atoms with van der Waals surface area (Å²) in [5.74, 6) is 0.599. The number of hydrogen-bond donors (Lipinski definition) is 2. The number of H-pyrrole nitrogens is 1. The molecule has 2 rings (SSSR count). The molecule has 0 aliphatic heterocycles. The van der Waals surface area contributed by atoms with Crippen LogP contribution in [-0.2, 0) is 0 Å². The van der Waals surface area contributed by atoms with Crippen LogP contribution in [0.5, 0.6) is 0 Å². The van der Waals surface area contributed by atoms with Crippen molar-refractivity contribution in [3.63, 3.8) is 0 Å². The lowest BCUT2D eigenvalue weighted by atomic mass is 9.99. The minimum absolute atomic E-state index is 0.199. The first-order valence-electron chi connectivity index (χ1n) is 7.83. The van der Waals surface area contributed by atoms with E-state index in [1.165, 1.54) is 6.33 Å². The van der Waals surface area contributed by atoms with Crippen molar-refractivity contribution in [1.82, 2.24) is 15.3 Å². The third-order valence-corrected chi connectivity index (χ3v) is 3.99. The summed E-state index contributed by atoms with van der Waals surface area (Å²) in [5, 5.41) is 3.15. The molecule has 1 amide bonds. The number of aryl methyl sites for hydroxylation is 1. The van der Waals surface area contributed by atoms with Crippen LogP contribution < -0.4 is 10.9 Å². The second-order valence-corrected chi connectivity index (χ2v) is 5.57. The van der Waals surface area contributed by atoms with Gasteiger partial charge < -0.3 is 14.7 Å². The number of amides is 1. The molecule has 0 bridgehead atoms. The first kappa shape index (κ1) is 16.3. The van der Waals surface area contributed by atoms with E-state index in [1.54, 1.807) is 6.92 Å². The highest BCUT2D eigenvalue weighted by Gasteiger charge is 2.22. The van der Waals surface area contributed by atoms with Crippen LogP contribution in [0.1, 0.15) is 55.6 Å². The van der Waals surface area contributed by atoms with Crippen molar-refractivity contribution in [2.24, 2.45) is 5.92 Å². The van der Waals surface area contributed by atoms with E-state index in [-0.39, 0.29) is 28.1 Å². The summed E-state index contributed by atoms with van der Waals surface area (Å²) < 4.78 is 5.41. The molecule has 2 N–H and O–H groups in total. The van der Waals surface area contributed by atoms with Gasteiger partial charge in [0, 0.05) is 6.54 Å². The Balaban J connectivity index is 2.16. The van der Waals surface area contributed by atoms with Crippen LogP contribution in [-0.4, -0.2) is 22.4 Å². The molecule has 0 saturated carbocycles. The maximum absolute atomic E-state index is 12.4. The van der Waals surface area contributed by atoms with Crippen molar-refractivity contribution < 1.29 is 9.21 Å². The van der Waals surface area contributed by atoms with E-state index in [1.807, 2.05) is 0 Å². The maximum atomic E-state index is 12.4. The van der Waals surface area contributed by atoms with Gasteiger partial charge in [-0.2, -0.15) is 0 Å². The van der Waals surface area contributed by atoms with Gasteiger partial charge in [-0.1, -0.05) is 33.1 Å². The minimum Gasteiger partial charge on any atom is -0.442 e. The lowest BCUT2D eigenvalue weighted by molar-refractivity contribution is 0.0945. The van der Waals surface area contributed by atoms with Crippen LogP contribution in [0.3, 0.4) is 0 Å². The molecule has 2 aromatic rings. The normalized spacial score (nSPS) is 12.5. The third-order valence-electron chi connectivity index (χ3n) is 3.99. The quantitative estimate of drug-likeness (QED) is 0.823. The highest BCUT2D eigenvalue weighted by molar-refractivity contribution is 6.06. The molecular formula is C16H23N3O3. The average Bonchev–Trinajstić information content (AvgIpc) is 2.84. The summed E-state index contributed by atoms with van der Waals surface area (Å²) in [5.41, 5.74) is 0.129. The number of fused-ring (bicyclic) bond motifs is 1. The number of rotatable bonds is 7. The standard InChI is InChI=1S/C16H23N3O3/c1-4-6-7-11(5-2)8-17-14(20)12-10(3)22-16-13(12)15(21)18-9-19-16/h9,11H,4-8H2,1-3H3,(H,17,20)(H,18,19,21)/t11-/m1/s1. The Hall–Kier alpha value is -2.11. The van der Waals surface area contributed by atoms with Gasteiger partial charge in [-0.05, 0) is 19.3 Å². The smallest absolute Gasteiger partial charge is 0.262 e. The number of unbranched alkanes of at least 4 members (excludes halogenated alkanes) is 1. The van der Waals surface area contributed by atoms with Gasteiger partial charge in [0.15, 0.2) is 0 Å². The van der Waals surface area contributed by atoms with Crippen LogP contribution in [0.15, 0.2) is 15.5 Å². The SMILES string of the molecule is CCCC[C@@H](CC)CNC(=O)c1c(C)oc2nc[nH]c(=O)c12. The molecule has 6 nitrogen and oxygen atoms in total. The predicted octanol–water partition coefficient (Wildman–Crippen LogP) is 2.77. The van der Waals surface area contributed by atoms with Crippen LogP contribution >= 0.6 is 0 Å². The zero-order chi connectivity index (χ0) is 16.1. The fourth-order valence-electron chi connectivity index (χ4n) is 2.60. The van der Waals surface area contributed by atoms with E-state index < -0.39 is 0 Å². The maximum Gasteiger partial charge on any atom is 0.262 e. The molecule has 2 heterocycles. The van der Waals surface area contributed by atoms with E-state index in [2.05, 4.69) is 29.1 Å². The van der Waals surface area contributed by atoms with Crippen molar-refractivity contribution in [1.29, 1.82) is 0 Å².